The third-order valence-electron chi connectivity index (χ3n) is 10.2. The molecule has 13 heteroatoms. The molecular formula is C57H87N13. The summed E-state index contributed by atoms with van der Waals surface area (Å²) < 4.78 is 3.74. The molecule has 13 nitrogen and oxygen atoms in total. The summed E-state index contributed by atoms with van der Waals surface area (Å²) in [5.41, 5.74) is 12.5. The molecule has 0 spiro atoms. The highest BCUT2D eigenvalue weighted by Crippen LogP contribution is 2.29. The predicted octanol–water partition coefficient (Wildman–Crippen LogP) is 15.7. The fraction of sp³-hybridized carbons (Fsp3) is 0.456. The molecule has 9 aromatic rings. The van der Waals surface area contributed by atoms with Crippen LogP contribution in [0.2, 0.25) is 0 Å². The molecule has 0 aliphatic heterocycles. The van der Waals surface area contributed by atoms with Crippen LogP contribution in [-0.2, 0) is 6.42 Å². The first kappa shape index (κ1) is 61.4. The largest absolute Gasteiger partial charge is 0.346 e. The van der Waals surface area contributed by atoms with Gasteiger partial charge in [0, 0.05) is 66.8 Å². The quantitative estimate of drug-likeness (QED) is 0.171. The molecule has 380 valence electrons. The Morgan fingerprint density at radius 1 is 0.529 bits per heavy atom. The van der Waals surface area contributed by atoms with Crippen molar-refractivity contribution in [3.8, 4) is 0 Å². The molecule has 0 aromatic carbocycles. The Kier molecular flexibility index (Phi) is 29.6. The van der Waals surface area contributed by atoms with Gasteiger partial charge in [-0.15, -0.1) is 10.2 Å². The van der Waals surface area contributed by atoms with Crippen molar-refractivity contribution in [1.82, 2.24) is 64.1 Å². The SMILES string of the molecule is CC.CC.CC.CC.CC.CC(C)C1=CCc2nccnc21.CC(C)c1c[nH]c2ncccc12.CC(C)c1c[nH]c2ncncc12.CC(C)c1ccc2ncnn2c1.CC(C)c1ccc2nncn2c1. The van der Waals surface area contributed by atoms with Gasteiger partial charge in [0.2, 0.25) is 0 Å². The van der Waals surface area contributed by atoms with Gasteiger partial charge >= 0.3 is 0 Å². The predicted molar refractivity (Wildman–Crippen MR) is 298 cm³/mol. The van der Waals surface area contributed by atoms with E-state index in [1.165, 1.54) is 33.2 Å². The molecule has 0 bridgehead atoms. The second-order valence-electron chi connectivity index (χ2n) is 16.2. The van der Waals surface area contributed by atoms with Gasteiger partial charge in [-0.3, -0.25) is 14.4 Å². The minimum absolute atomic E-state index is 0.518. The smallest absolute Gasteiger partial charge is 0.160 e. The number of nitrogens with one attached hydrogen (secondary N) is 2. The number of H-pyrrole nitrogens is 2. The van der Waals surface area contributed by atoms with Crippen molar-refractivity contribution in [2.24, 2.45) is 5.92 Å². The van der Waals surface area contributed by atoms with E-state index in [9.17, 15) is 0 Å². The lowest BCUT2D eigenvalue weighted by Crippen LogP contribution is -1.96. The highest BCUT2D eigenvalue weighted by Gasteiger charge is 2.18. The highest BCUT2D eigenvalue weighted by atomic mass is 15.3. The average molecular weight is 954 g/mol. The Morgan fingerprint density at radius 2 is 1.10 bits per heavy atom. The molecule has 0 amide bonds. The molecule has 10 rings (SSSR count). The van der Waals surface area contributed by atoms with Crippen molar-refractivity contribution in [2.45, 2.75) is 169 Å². The number of pyridine rings is 3. The Bertz CT molecular complexity index is 2610. The van der Waals surface area contributed by atoms with Gasteiger partial charge in [-0.25, -0.2) is 24.5 Å². The van der Waals surface area contributed by atoms with E-state index in [1.807, 2.05) is 123 Å². The first-order valence-electron chi connectivity index (χ1n) is 25.7. The molecule has 0 unspecified atom stereocenters. The van der Waals surface area contributed by atoms with Crippen LogP contribution in [0.15, 0.2) is 111 Å². The number of aromatic amines is 2. The minimum Gasteiger partial charge on any atom is -0.346 e. The van der Waals surface area contributed by atoms with Crippen molar-refractivity contribution < 1.29 is 0 Å². The normalized spacial score (nSPS) is 10.7. The van der Waals surface area contributed by atoms with Crippen molar-refractivity contribution >= 4 is 38.9 Å². The van der Waals surface area contributed by atoms with Gasteiger partial charge in [0.25, 0.3) is 0 Å². The molecular weight excluding hydrogens is 867 g/mol. The van der Waals surface area contributed by atoms with Crippen LogP contribution in [0.4, 0.5) is 0 Å². The van der Waals surface area contributed by atoms with E-state index in [0.717, 1.165) is 45.8 Å². The van der Waals surface area contributed by atoms with Gasteiger partial charge in [0.1, 0.15) is 30.3 Å². The molecule has 9 heterocycles. The van der Waals surface area contributed by atoms with Crippen LogP contribution >= 0.6 is 0 Å². The van der Waals surface area contributed by atoms with Crippen LogP contribution in [0.25, 0.3) is 38.9 Å². The summed E-state index contributed by atoms with van der Waals surface area (Å²) in [5.74, 6) is 2.73. The number of nitrogens with zero attached hydrogens (tertiary/aromatic N) is 11. The average Bonchev–Trinajstić information content (AvgIpc) is 4.27. The molecule has 0 radical (unpaired) electrons. The Morgan fingerprint density at radius 3 is 1.70 bits per heavy atom. The minimum atomic E-state index is 0.518. The van der Waals surface area contributed by atoms with E-state index in [1.54, 1.807) is 35.9 Å². The van der Waals surface area contributed by atoms with E-state index >= 15 is 0 Å². The van der Waals surface area contributed by atoms with Crippen LogP contribution in [0.1, 0.15) is 196 Å². The molecule has 0 fully saturated rings. The maximum Gasteiger partial charge on any atom is 0.160 e. The number of rotatable bonds is 5. The van der Waals surface area contributed by atoms with Crippen molar-refractivity contribution in [3.05, 3.63) is 145 Å². The summed E-state index contributed by atoms with van der Waals surface area (Å²) >= 11 is 0. The van der Waals surface area contributed by atoms with Crippen LogP contribution in [0.5, 0.6) is 0 Å². The second-order valence-corrected chi connectivity index (χ2v) is 16.2. The molecule has 1 aliphatic carbocycles. The number of hydrogen-bond donors (Lipinski definition) is 2. The Labute approximate surface area is 420 Å². The zero-order chi connectivity index (χ0) is 52.8. The first-order valence-corrected chi connectivity index (χ1v) is 25.7. The lowest BCUT2D eigenvalue weighted by atomic mass is 10.0. The van der Waals surface area contributed by atoms with Crippen molar-refractivity contribution in [2.75, 3.05) is 0 Å². The maximum absolute atomic E-state index is 4.33. The number of allylic oxidation sites excluding steroid dienone is 2. The summed E-state index contributed by atoms with van der Waals surface area (Å²) in [7, 11) is 0. The first-order chi connectivity index (χ1) is 33.9. The van der Waals surface area contributed by atoms with Crippen LogP contribution in [-0.4, -0.2) is 64.1 Å². The second kappa shape index (κ2) is 33.8. The molecule has 70 heavy (non-hydrogen) atoms. The van der Waals surface area contributed by atoms with E-state index < -0.39 is 0 Å². The van der Waals surface area contributed by atoms with E-state index in [-0.39, 0.29) is 0 Å². The standard InChI is InChI=1S/2C10H12N2.3C9H11N3.5C2H6/c1-7(2)8-3-4-9-10(8)12-6-5-11-9;1-7(2)9-6-12-10-8(9)4-3-5-11-10;1-6(2)7-4-11-9-8(7)3-10-5-12-9;1-7(2)8-3-4-9-11-10-6-12(9)5-8;1-7(2)8-3-4-9-10-6-11-12(9)5-8;5*1-2/h3,5-7H,4H2,1-2H3;3-7H,1-2H3,(H,11,12);3-6H,1-2H3,(H,10,11,12);2*3-7H,1-2H3;5*1-2H3. The van der Waals surface area contributed by atoms with Crippen LogP contribution in [0.3, 0.4) is 0 Å². The van der Waals surface area contributed by atoms with Gasteiger partial charge in [-0.1, -0.05) is 157 Å². The Balaban J connectivity index is 0.000000418. The number of aromatic nitrogens is 13. The lowest BCUT2D eigenvalue weighted by Gasteiger charge is -2.06. The van der Waals surface area contributed by atoms with E-state index in [0.29, 0.717) is 29.6 Å². The monoisotopic (exact) mass is 954 g/mol. The third kappa shape index (κ3) is 18.0. The molecule has 9 aromatic heterocycles. The van der Waals surface area contributed by atoms with Gasteiger partial charge in [0.15, 0.2) is 11.3 Å². The molecule has 2 N–H and O–H groups in total. The van der Waals surface area contributed by atoms with Crippen molar-refractivity contribution in [1.29, 1.82) is 0 Å². The lowest BCUT2D eigenvalue weighted by molar-refractivity contribution is 0.835. The van der Waals surface area contributed by atoms with Gasteiger partial charge in [-0.05, 0) is 81.7 Å². The number of fused-ring (bicyclic) bond motifs is 5. The number of hydrogen-bond acceptors (Lipinski definition) is 9. The van der Waals surface area contributed by atoms with Crippen LogP contribution in [0, 0.1) is 5.92 Å². The van der Waals surface area contributed by atoms with Gasteiger partial charge < -0.3 is 9.97 Å². The zero-order valence-corrected chi connectivity index (χ0v) is 46.4. The Hall–Kier alpha value is -6.63. The zero-order valence-electron chi connectivity index (χ0n) is 46.4. The fourth-order valence-electron chi connectivity index (χ4n) is 6.74. The molecule has 1 aliphatic rings. The fourth-order valence-corrected chi connectivity index (χ4v) is 6.74. The van der Waals surface area contributed by atoms with Crippen molar-refractivity contribution in [3.63, 3.8) is 0 Å². The highest BCUT2D eigenvalue weighted by molar-refractivity contribution is 5.80. The molecule has 0 atom stereocenters. The molecule has 0 saturated heterocycles. The summed E-state index contributed by atoms with van der Waals surface area (Å²) in [6.07, 6.45) is 23.4. The van der Waals surface area contributed by atoms with E-state index in [2.05, 4.69) is 155 Å². The van der Waals surface area contributed by atoms with Gasteiger partial charge in [-0.2, -0.15) is 5.10 Å². The summed E-state index contributed by atoms with van der Waals surface area (Å²) in [6.45, 7) is 41.8. The third-order valence-corrected chi connectivity index (χ3v) is 10.2. The maximum atomic E-state index is 4.33. The van der Waals surface area contributed by atoms with Gasteiger partial charge in [0.05, 0.1) is 11.4 Å². The topological polar surface area (TPSA) is 156 Å². The molecule has 0 saturated carbocycles. The summed E-state index contributed by atoms with van der Waals surface area (Å²) in [4.78, 5) is 31.3. The summed E-state index contributed by atoms with van der Waals surface area (Å²) in [5, 5.41) is 14.2. The summed E-state index contributed by atoms with van der Waals surface area (Å²) in [6, 6.07) is 12.2. The van der Waals surface area contributed by atoms with Crippen LogP contribution < -0.4 is 0 Å². The van der Waals surface area contributed by atoms with E-state index in [4.69, 9.17) is 0 Å².